The number of hydrogen-bond donors (Lipinski definition) is 6. The smallest absolute Gasteiger partial charge is 0.411 e. The number of rotatable bonds is 11. The van der Waals surface area contributed by atoms with Crippen molar-refractivity contribution in [3.8, 4) is 0 Å². The SMILES string of the molecule is CNC(=O)[C@H]1CCCN(Cc2sc(NC(C)=O)nc2CCc2ccc(NC(NC(=O)O)(N(C(=O)O)C(C)(C)C)C(C)(C)C)cc2)C1. The van der Waals surface area contributed by atoms with Gasteiger partial charge < -0.3 is 26.2 Å². The Labute approximate surface area is 275 Å². The molecule has 2 atom stereocenters. The summed E-state index contributed by atoms with van der Waals surface area (Å²) in [5, 5.41) is 31.9. The van der Waals surface area contributed by atoms with Gasteiger partial charge in [-0.25, -0.2) is 14.6 Å². The number of aryl methyl sites for hydroxylation is 2. The number of hydrogen-bond acceptors (Lipinski definition) is 8. The van der Waals surface area contributed by atoms with Crippen molar-refractivity contribution < 1.29 is 29.4 Å². The summed E-state index contributed by atoms with van der Waals surface area (Å²) in [6.45, 7) is 14.1. The van der Waals surface area contributed by atoms with Gasteiger partial charge in [0.05, 0.1) is 11.6 Å². The molecule has 1 aliphatic rings. The molecule has 1 aromatic carbocycles. The average Bonchev–Trinajstić information content (AvgIpc) is 3.30. The molecule has 1 fully saturated rings. The third-order valence-electron chi connectivity index (χ3n) is 8.05. The monoisotopic (exact) mass is 659 g/mol. The molecule has 46 heavy (non-hydrogen) atoms. The summed E-state index contributed by atoms with van der Waals surface area (Å²) < 4.78 is 0. The van der Waals surface area contributed by atoms with Gasteiger partial charge in [0.25, 0.3) is 0 Å². The van der Waals surface area contributed by atoms with Gasteiger partial charge in [-0.3, -0.25) is 24.7 Å². The van der Waals surface area contributed by atoms with Crippen LogP contribution in [0.5, 0.6) is 0 Å². The number of piperidine rings is 1. The van der Waals surface area contributed by atoms with Crippen LogP contribution >= 0.6 is 11.3 Å². The van der Waals surface area contributed by atoms with Gasteiger partial charge in [0.15, 0.2) is 5.13 Å². The van der Waals surface area contributed by atoms with Gasteiger partial charge in [0.2, 0.25) is 17.6 Å². The minimum Gasteiger partial charge on any atom is -0.465 e. The number of carbonyl (C=O) groups is 4. The Kier molecular flexibility index (Phi) is 11.7. The fourth-order valence-corrected chi connectivity index (χ4v) is 6.99. The van der Waals surface area contributed by atoms with Crippen LogP contribution < -0.4 is 21.3 Å². The van der Waals surface area contributed by atoms with Crippen LogP contribution in [0.4, 0.5) is 20.4 Å². The van der Waals surface area contributed by atoms with E-state index in [4.69, 9.17) is 4.98 Å². The third-order valence-corrected chi connectivity index (χ3v) is 9.05. The van der Waals surface area contributed by atoms with Crippen molar-refractivity contribution in [1.29, 1.82) is 0 Å². The molecule has 0 bridgehead atoms. The number of nitrogens with one attached hydrogen (secondary N) is 4. The molecule has 254 valence electrons. The maximum absolute atomic E-state index is 12.6. The van der Waals surface area contributed by atoms with E-state index in [1.807, 2.05) is 12.1 Å². The molecule has 1 saturated heterocycles. The van der Waals surface area contributed by atoms with Crippen LogP contribution in [0.25, 0.3) is 0 Å². The summed E-state index contributed by atoms with van der Waals surface area (Å²) in [6, 6.07) is 7.44. The average molecular weight is 660 g/mol. The number of anilines is 2. The van der Waals surface area contributed by atoms with Gasteiger partial charge >= 0.3 is 12.2 Å². The molecule has 2 aromatic rings. The number of carbonyl (C=O) groups excluding carboxylic acids is 2. The summed E-state index contributed by atoms with van der Waals surface area (Å²) in [4.78, 5) is 57.8. The topological polar surface area (TPSA) is 176 Å². The summed E-state index contributed by atoms with van der Waals surface area (Å²) in [7, 11) is 1.66. The number of aromatic nitrogens is 1. The highest BCUT2D eigenvalue weighted by atomic mass is 32.1. The van der Waals surface area contributed by atoms with E-state index in [0.717, 1.165) is 40.4 Å². The van der Waals surface area contributed by atoms with Gasteiger partial charge in [-0.15, -0.1) is 11.3 Å². The first-order valence-corrected chi connectivity index (χ1v) is 16.3. The molecule has 0 spiro atoms. The van der Waals surface area contributed by atoms with E-state index in [1.54, 1.807) is 60.7 Å². The third kappa shape index (κ3) is 9.09. The lowest BCUT2D eigenvalue weighted by atomic mass is 9.82. The first-order valence-electron chi connectivity index (χ1n) is 15.5. The zero-order valence-electron chi connectivity index (χ0n) is 28.1. The number of benzene rings is 1. The van der Waals surface area contributed by atoms with Crippen LogP contribution in [0.2, 0.25) is 0 Å². The van der Waals surface area contributed by atoms with Crippen molar-refractivity contribution in [3.63, 3.8) is 0 Å². The lowest BCUT2D eigenvalue weighted by molar-refractivity contribution is -0.126. The second-order valence-electron chi connectivity index (χ2n) is 13.8. The molecule has 1 aliphatic heterocycles. The first-order chi connectivity index (χ1) is 21.4. The molecule has 0 aliphatic carbocycles. The zero-order valence-corrected chi connectivity index (χ0v) is 28.9. The highest BCUT2D eigenvalue weighted by Crippen LogP contribution is 2.39. The highest BCUT2D eigenvalue weighted by Gasteiger charge is 2.54. The number of carboxylic acid groups (broad SMARTS) is 2. The summed E-state index contributed by atoms with van der Waals surface area (Å²) in [5.41, 5.74) is 0.574. The van der Waals surface area contributed by atoms with Gasteiger partial charge in [-0.1, -0.05) is 32.9 Å². The maximum atomic E-state index is 12.6. The number of thiazole rings is 1. The van der Waals surface area contributed by atoms with E-state index in [1.165, 1.54) is 18.3 Å². The van der Waals surface area contributed by atoms with Gasteiger partial charge in [0, 0.05) is 48.6 Å². The van der Waals surface area contributed by atoms with E-state index in [9.17, 15) is 29.4 Å². The van der Waals surface area contributed by atoms with Crippen molar-refractivity contribution in [1.82, 2.24) is 25.4 Å². The van der Waals surface area contributed by atoms with Crippen LogP contribution in [0.15, 0.2) is 24.3 Å². The van der Waals surface area contributed by atoms with E-state index >= 15 is 0 Å². The normalized spacial score (nSPS) is 17.0. The predicted molar refractivity (Wildman–Crippen MR) is 179 cm³/mol. The van der Waals surface area contributed by atoms with Crippen molar-refractivity contribution >= 4 is 46.2 Å². The Morgan fingerprint density at radius 2 is 1.70 bits per heavy atom. The predicted octanol–water partition coefficient (Wildman–Crippen LogP) is 5.00. The second kappa shape index (κ2) is 14.7. The largest absolute Gasteiger partial charge is 0.465 e. The van der Waals surface area contributed by atoms with Crippen LogP contribution in [0.1, 0.15) is 77.4 Å². The van der Waals surface area contributed by atoms with Crippen LogP contribution in [-0.2, 0) is 29.0 Å². The van der Waals surface area contributed by atoms with Crippen molar-refractivity contribution in [2.45, 2.75) is 92.0 Å². The van der Waals surface area contributed by atoms with Gasteiger partial charge in [0.1, 0.15) is 0 Å². The quantitative estimate of drug-likeness (QED) is 0.181. The minimum absolute atomic E-state index is 0.0502. The molecule has 4 amide bonds. The van der Waals surface area contributed by atoms with Crippen molar-refractivity contribution in [2.75, 3.05) is 30.8 Å². The van der Waals surface area contributed by atoms with Crippen LogP contribution in [-0.4, -0.2) is 80.5 Å². The molecular weight excluding hydrogens is 610 g/mol. The van der Waals surface area contributed by atoms with Gasteiger partial charge in [-0.05, 0) is 70.7 Å². The molecular formula is C32H49N7O6S. The Bertz CT molecular complexity index is 1400. The van der Waals surface area contributed by atoms with Crippen LogP contribution in [0, 0.1) is 11.3 Å². The molecule has 0 saturated carbocycles. The second-order valence-corrected chi connectivity index (χ2v) is 14.8. The van der Waals surface area contributed by atoms with Crippen LogP contribution in [0.3, 0.4) is 0 Å². The Morgan fingerprint density at radius 3 is 2.22 bits per heavy atom. The van der Waals surface area contributed by atoms with Crippen molar-refractivity contribution in [3.05, 3.63) is 40.4 Å². The van der Waals surface area contributed by atoms with E-state index in [-0.39, 0.29) is 17.7 Å². The molecule has 3 rings (SSSR count). The lowest BCUT2D eigenvalue weighted by Crippen LogP contribution is -2.76. The fraction of sp³-hybridized carbons (Fsp3) is 0.594. The number of amides is 4. The molecule has 2 heterocycles. The Hall–Kier alpha value is -3.91. The summed E-state index contributed by atoms with van der Waals surface area (Å²) in [6.07, 6.45) is 0.435. The maximum Gasteiger partial charge on any atom is 0.411 e. The zero-order chi connectivity index (χ0) is 34.4. The van der Waals surface area contributed by atoms with Gasteiger partial charge in [-0.2, -0.15) is 0 Å². The summed E-state index contributed by atoms with van der Waals surface area (Å²) in [5.74, 6) is -1.89. The Morgan fingerprint density at radius 1 is 1.04 bits per heavy atom. The molecule has 0 radical (unpaired) electrons. The summed E-state index contributed by atoms with van der Waals surface area (Å²) >= 11 is 1.45. The lowest BCUT2D eigenvalue weighted by Gasteiger charge is -2.55. The molecule has 1 unspecified atom stereocenters. The molecule has 14 heteroatoms. The fourth-order valence-electron chi connectivity index (χ4n) is 5.89. The molecule has 13 nitrogen and oxygen atoms in total. The molecule has 1 aromatic heterocycles. The number of likely N-dealkylation sites (tertiary alicyclic amines) is 1. The van der Waals surface area contributed by atoms with Crippen molar-refractivity contribution in [2.24, 2.45) is 11.3 Å². The minimum atomic E-state index is -1.70. The van der Waals surface area contributed by atoms with E-state index < -0.39 is 28.9 Å². The van der Waals surface area contributed by atoms with E-state index in [2.05, 4.69) is 26.2 Å². The number of nitrogens with zero attached hydrogens (tertiary/aromatic N) is 3. The Balaban J connectivity index is 1.83. The highest BCUT2D eigenvalue weighted by molar-refractivity contribution is 7.15. The van der Waals surface area contributed by atoms with E-state index in [0.29, 0.717) is 36.8 Å². The first kappa shape index (κ1) is 36.6. The standard InChI is InChI=1S/C32H49N7O6S/c1-20(40)34-27-35-24(25(46-27)19-38-17-9-10-22(18-38)26(41)33-8)16-13-21-11-14-23(15-12-21)36-32(30(2,3)4,37-28(42)43)39(29(44)45)31(5,6)7/h11-12,14-15,22,36-37H,9-10,13,16-19H2,1-8H3,(H,33,41)(H,42,43)(H,44,45)(H,34,35,40)/t22-,32?/m0/s1. The molecule has 6 N–H and O–H groups in total.